The quantitative estimate of drug-likeness (QED) is 0.440. The highest BCUT2D eigenvalue weighted by Crippen LogP contribution is 2.34. The molecule has 5 aromatic rings. The highest BCUT2D eigenvalue weighted by atomic mass is 16.5. The molecular formula is C23H19N7O2. The zero-order chi connectivity index (χ0) is 21.9. The van der Waals surface area contributed by atoms with E-state index in [-0.39, 0.29) is 5.95 Å². The fraction of sp³-hybridized carbons (Fsp3) is 0.0870. The fourth-order valence-corrected chi connectivity index (χ4v) is 3.31. The molecule has 9 heteroatoms. The van der Waals surface area contributed by atoms with Crippen LogP contribution in [0.3, 0.4) is 0 Å². The van der Waals surface area contributed by atoms with Crippen LogP contribution in [-0.4, -0.2) is 36.8 Å². The topological polar surface area (TPSA) is 114 Å². The minimum absolute atomic E-state index is 0.188. The molecule has 3 heterocycles. The Hall–Kier alpha value is -4.53. The number of nitrogens with zero attached hydrogens (tertiary/aromatic N) is 6. The van der Waals surface area contributed by atoms with Crippen LogP contribution in [0.1, 0.15) is 5.56 Å². The van der Waals surface area contributed by atoms with Crippen LogP contribution < -0.4 is 15.2 Å². The van der Waals surface area contributed by atoms with E-state index in [1.165, 1.54) is 11.0 Å². The maximum atomic E-state index is 6.18. The summed E-state index contributed by atoms with van der Waals surface area (Å²) in [6.45, 7) is 0.390. The van der Waals surface area contributed by atoms with Crippen LogP contribution in [-0.2, 0) is 6.61 Å². The van der Waals surface area contributed by atoms with Crippen LogP contribution in [0, 0.1) is 0 Å². The summed E-state index contributed by atoms with van der Waals surface area (Å²) in [7, 11) is 1.59. The Morgan fingerprint density at radius 1 is 0.938 bits per heavy atom. The molecule has 0 unspecified atom stereocenters. The molecule has 0 bridgehead atoms. The van der Waals surface area contributed by atoms with Gasteiger partial charge in [0, 0.05) is 17.6 Å². The molecule has 0 aliphatic carbocycles. The number of pyridine rings is 1. The van der Waals surface area contributed by atoms with Gasteiger partial charge in [0.15, 0.2) is 17.3 Å². The number of methoxy groups -OCH3 is 1. The maximum absolute atomic E-state index is 6.18. The summed E-state index contributed by atoms with van der Waals surface area (Å²) < 4.78 is 13.0. The molecule has 9 nitrogen and oxygen atoms in total. The van der Waals surface area contributed by atoms with Gasteiger partial charge in [-0.15, -0.1) is 5.10 Å². The number of anilines is 1. The van der Waals surface area contributed by atoms with Gasteiger partial charge in [-0.1, -0.05) is 36.4 Å². The van der Waals surface area contributed by atoms with Gasteiger partial charge in [0.1, 0.15) is 18.6 Å². The van der Waals surface area contributed by atoms with E-state index in [1.54, 1.807) is 19.4 Å². The summed E-state index contributed by atoms with van der Waals surface area (Å²) in [6.07, 6.45) is 3.12. The summed E-state index contributed by atoms with van der Waals surface area (Å²) in [5.74, 6) is 2.20. The second kappa shape index (κ2) is 8.31. The second-order valence-corrected chi connectivity index (χ2v) is 6.91. The van der Waals surface area contributed by atoms with Crippen molar-refractivity contribution in [2.75, 3.05) is 12.8 Å². The Morgan fingerprint density at radius 2 is 1.78 bits per heavy atom. The van der Waals surface area contributed by atoms with Gasteiger partial charge in [0.2, 0.25) is 11.8 Å². The average molecular weight is 425 g/mol. The van der Waals surface area contributed by atoms with E-state index < -0.39 is 0 Å². The molecule has 0 radical (unpaired) electrons. The lowest BCUT2D eigenvalue weighted by Crippen LogP contribution is -2.06. The first-order chi connectivity index (χ1) is 15.7. The predicted molar refractivity (Wildman–Crippen MR) is 119 cm³/mol. The zero-order valence-electron chi connectivity index (χ0n) is 17.2. The summed E-state index contributed by atoms with van der Waals surface area (Å²) in [4.78, 5) is 17.4. The Bertz CT molecular complexity index is 1370. The van der Waals surface area contributed by atoms with Crippen molar-refractivity contribution in [1.82, 2.24) is 29.7 Å². The third-order valence-corrected chi connectivity index (χ3v) is 4.86. The van der Waals surface area contributed by atoms with Gasteiger partial charge in [0.05, 0.1) is 12.6 Å². The lowest BCUT2D eigenvalue weighted by molar-refractivity contribution is 0.285. The Balaban J connectivity index is 1.58. The zero-order valence-corrected chi connectivity index (χ0v) is 17.2. The summed E-state index contributed by atoms with van der Waals surface area (Å²) in [5, 5.41) is 5.22. The van der Waals surface area contributed by atoms with E-state index in [9.17, 15) is 0 Å². The van der Waals surface area contributed by atoms with Gasteiger partial charge in [-0.25, -0.2) is 9.97 Å². The molecule has 0 saturated carbocycles. The molecule has 0 fully saturated rings. The first kappa shape index (κ1) is 19.4. The highest BCUT2D eigenvalue weighted by molar-refractivity contribution is 5.88. The lowest BCUT2D eigenvalue weighted by Gasteiger charge is -2.13. The molecule has 5 rings (SSSR count). The number of fused-ring (bicyclic) bond motifs is 1. The lowest BCUT2D eigenvalue weighted by atomic mass is 10.2. The van der Waals surface area contributed by atoms with Gasteiger partial charge in [-0.05, 0) is 23.8 Å². The molecule has 0 amide bonds. The maximum Gasteiger partial charge on any atom is 0.225 e. The first-order valence-electron chi connectivity index (χ1n) is 9.86. The second-order valence-electron chi connectivity index (χ2n) is 6.91. The molecule has 2 aromatic carbocycles. The highest BCUT2D eigenvalue weighted by Gasteiger charge is 2.17. The van der Waals surface area contributed by atoms with Crippen molar-refractivity contribution in [2.24, 2.45) is 0 Å². The number of hydrogen-bond donors (Lipinski definition) is 1. The number of benzene rings is 2. The van der Waals surface area contributed by atoms with Crippen molar-refractivity contribution in [3.05, 3.63) is 78.8 Å². The van der Waals surface area contributed by atoms with E-state index in [1.807, 2.05) is 54.6 Å². The predicted octanol–water partition coefficient (Wildman–Crippen LogP) is 3.44. The number of nitrogen functional groups attached to an aromatic ring is 1. The molecule has 158 valence electrons. The molecule has 3 aromatic heterocycles. The summed E-state index contributed by atoms with van der Waals surface area (Å²) >= 11 is 0. The van der Waals surface area contributed by atoms with Crippen molar-refractivity contribution >= 4 is 16.9 Å². The molecule has 0 aliphatic heterocycles. The Labute approximate surface area is 183 Å². The van der Waals surface area contributed by atoms with Crippen LogP contribution in [0.25, 0.3) is 28.2 Å². The van der Waals surface area contributed by atoms with Crippen LogP contribution in [0.5, 0.6) is 11.5 Å². The number of hydrogen-bond acceptors (Lipinski definition) is 8. The van der Waals surface area contributed by atoms with Crippen LogP contribution >= 0.6 is 0 Å². The van der Waals surface area contributed by atoms with Crippen molar-refractivity contribution in [3.63, 3.8) is 0 Å². The van der Waals surface area contributed by atoms with Crippen LogP contribution in [0.15, 0.2) is 73.2 Å². The number of rotatable bonds is 6. The normalized spacial score (nSPS) is 10.9. The van der Waals surface area contributed by atoms with E-state index in [2.05, 4.69) is 25.0 Å². The number of ether oxygens (including phenoxy) is 2. The fourth-order valence-electron chi connectivity index (χ4n) is 3.31. The third-order valence-electron chi connectivity index (χ3n) is 4.86. The number of aromatic nitrogens is 6. The number of nitrogens with two attached hydrogens (primary N) is 1. The minimum Gasteiger partial charge on any atom is -0.493 e. The van der Waals surface area contributed by atoms with E-state index in [0.717, 1.165) is 5.56 Å². The molecule has 0 saturated heterocycles. The van der Waals surface area contributed by atoms with Gasteiger partial charge >= 0.3 is 0 Å². The smallest absolute Gasteiger partial charge is 0.225 e. The van der Waals surface area contributed by atoms with Crippen molar-refractivity contribution < 1.29 is 9.47 Å². The van der Waals surface area contributed by atoms with Gasteiger partial charge in [-0.2, -0.15) is 9.67 Å². The molecule has 2 N–H and O–H groups in total. The van der Waals surface area contributed by atoms with Crippen molar-refractivity contribution in [2.45, 2.75) is 6.61 Å². The molecule has 32 heavy (non-hydrogen) atoms. The summed E-state index contributed by atoms with van der Waals surface area (Å²) in [5.41, 5.74) is 8.49. The van der Waals surface area contributed by atoms with Crippen molar-refractivity contribution in [3.8, 4) is 28.8 Å². The Morgan fingerprint density at radius 3 is 2.56 bits per heavy atom. The van der Waals surface area contributed by atoms with Gasteiger partial charge in [-0.3, -0.25) is 4.98 Å². The third kappa shape index (κ3) is 3.67. The Kier molecular flexibility index (Phi) is 5.04. The van der Waals surface area contributed by atoms with Crippen LogP contribution in [0.2, 0.25) is 0 Å². The van der Waals surface area contributed by atoms with Crippen LogP contribution in [0.4, 0.5) is 5.95 Å². The average Bonchev–Trinajstić information content (AvgIpc) is 3.24. The van der Waals surface area contributed by atoms with Crippen molar-refractivity contribution in [1.29, 1.82) is 0 Å². The SMILES string of the molecule is COc1cc2ncnc(-n3nc(-c4ccccn4)nc3N)c2cc1OCc1ccccc1. The first-order valence-corrected chi connectivity index (χ1v) is 9.86. The van der Waals surface area contributed by atoms with E-state index >= 15 is 0 Å². The standard InChI is InChI=1S/C23H19N7O2/c1-31-19-12-18-16(11-20(19)32-13-15-7-3-2-4-8-15)22(27-14-26-18)30-23(24)28-21(29-30)17-9-5-6-10-25-17/h2-12,14H,13H2,1H3,(H2,24,28,29). The minimum atomic E-state index is 0.188. The largest absolute Gasteiger partial charge is 0.493 e. The van der Waals surface area contributed by atoms with Gasteiger partial charge in [0.25, 0.3) is 0 Å². The monoisotopic (exact) mass is 425 g/mol. The van der Waals surface area contributed by atoms with E-state index in [4.69, 9.17) is 15.2 Å². The molecule has 0 spiro atoms. The summed E-state index contributed by atoms with van der Waals surface area (Å²) in [6, 6.07) is 19.0. The van der Waals surface area contributed by atoms with E-state index in [0.29, 0.717) is 46.3 Å². The molecular weight excluding hydrogens is 406 g/mol. The molecule has 0 aliphatic rings. The van der Waals surface area contributed by atoms with Gasteiger partial charge < -0.3 is 15.2 Å². The molecule has 0 atom stereocenters.